The summed E-state index contributed by atoms with van der Waals surface area (Å²) in [6, 6.07) is 12.1. The van der Waals surface area contributed by atoms with Gasteiger partial charge in [-0.3, -0.25) is 9.78 Å². The number of halogens is 3. The van der Waals surface area contributed by atoms with Crippen molar-refractivity contribution < 1.29 is 26.4 Å². The maximum Gasteiger partial charge on any atom is 0.416 e. The third-order valence-corrected chi connectivity index (χ3v) is 5.27. The molecule has 0 saturated heterocycles. The minimum absolute atomic E-state index is 0.0400. The molecule has 0 radical (unpaired) electrons. The van der Waals surface area contributed by atoms with E-state index in [4.69, 9.17) is 0 Å². The third kappa shape index (κ3) is 3.96. The number of alkyl halides is 3. The number of sulfone groups is 1. The van der Waals surface area contributed by atoms with Crippen LogP contribution in [0.4, 0.5) is 13.2 Å². The molecule has 3 rings (SSSR count). The first kappa shape index (κ1) is 19.8. The number of carbonyl (C=O) groups is 1. The number of nitrogens with zero attached hydrogens (tertiary/aromatic N) is 1. The van der Waals surface area contributed by atoms with E-state index in [9.17, 15) is 26.4 Å². The molecule has 1 heterocycles. The number of rotatable bonds is 4. The summed E-state index contributed by atoms with van der Waals surface area (Å²) in [5.74, 6) is 0. The van der Waals surface area contributed by atoms with E-state index in [-0.39, 0.29) is 21.6 Å². The number of aromatic nitrogens is 1. The van der Waals surface area contributed by atoms with Crippen LogP contribution in [-0.2, 0) is 16.0 Å². The molecule has 2 aromatic carbocycles. The first-order chi connectivity index (χ1) is 13.1. The number of aldehydes is 1. The van der Waals surface area contributed by atoms with Crippen LogP contribution < -0.4 is 0 Å². The first-order valence-corrected chi connectivity index (χ1v) is 9.92. The van der Waals surface area contributed by atoms with Gasteiger partial charge in [-0.05, 0) is 47.5 Å². The summed E-state index contributed by atoms with van der Waals surface area (Å²) < 4.78 is 63.3. The van der Waals surface area contributed by atoms with Gasteiger partial charge in [0.2, 0.25) is 0 Å². The van der Waals surface area contributed by atoms with Gasteiger partial charge in [0.15, 0.2) is 16.1 Å². The molecular formula is C20H14F3NO3S. The van der Waals surface area contributed by atoms with Crippen molar-refractivity contribution in [2.24, 2.45) is 0 Å². The van der Waals surface area contributed by atoms with E-state index >= 15 is 0 Å². The van der Waals surface area contributed by atoms with Crippen molar-refractivity contribution in [3.63, 3.8) is 0 Å². The van der Waals surface area contributed by atoms with Crippen molar-refractivity contribution in [1.82, 2.24) is 4.98 Å². The lowest BCUT2D eigenvalue weighted by Crippen LogP contribution is -2.07. The fourth-order valence-electron chi connectivity index (χ4n) is 2.83. The third-order valence-electron chi connectivity index (χ3n) is 4.14. The zero-order valence-electron chi connectivity index (χ0n) is 14.6. The SMILES string of the molecule is CS(=O)(=O)c1ccc(-c2cc(C(F)(F)F)cc(C=O)c2-c2ccccn2)cc1. The molecule has 0 bridgehead atoms. The maximum atomic E-state index is 13.3. The zero-order chi connectivity index (χ0) is 20.5. The van der Waals surface area contributed by atoms with Crippen molar-refractivity contribution in [3.8, 4) is 22.4 Å². The van der Waals surface area contributed by atoms with E-state index in [0.717, 1.165) is 18.4 Å². The summed E-state index contributed by atoms with van der Waals surface area (Å²) in [6.07, 6.45) is -1.79. The molecule has 8 heteroatoms. The summed E-state index contributed by atoms with van der Waals surface area (Å²) in [6.45, 7) is 0. The Balaban J connectivity index is 2.32. The van der Waals surface area contributed by atoms with Crippen LogP contribution in [0.3, 0.4) is 0 Å². The average Bonchev–Trinajstić information content (AvgIpc) is 2.66. The molecule has 0 amide bonds. The highest BCUT2D eigenvalue weighted by molar-refractivity contribution is 7.90. The Morgan fingerprint density at radius 3 is 2.18 bits per heavy atom. The Labute approximate surface area is 159 Å². The van der Waals surface area contributed by atoms with E-state index in [1.807, 2.05) is 0 Å². The van der Waals surface area contributed by atoms with Crippen LogP contribution in [0.2, 0.25) is 0 Å². The van der Waals surface area contributed by atoms with Crippen molar-refractivity contribution in [2.75, 3.05) is 6.26 Å². The van der Waals surface area contributed by atoms with Gasteiger partial charge in [-0.1, -0.05) is 18.2 Å². The molecule has 0 fully saturated rings. The van der Waals surface area contributed by atoms with Crippen molar-refractivity contribution >= 4 is 16.1 Å². The van der Waals surface area contributed by atoms with Crippen LogP contribution in [0, 0.1) is 0 Å². The molecule has 144 valence electrons. The summed E-state index contributed by atoms with van der Waals surface area (Å²) in [5, 5.41) is 0. The minimum atomic E-state index is -4.65. The van der Waals surface area contributed by atoms with Crippen molar-refractivity contribution in [1.29, 1.82) is 0 Å². The Morgan fingerprint density at radius 2 is 1.68 bits per heavy atom. The van der Waals surface area contributed by atoms with Gasteiger partial charge in [-0.25, -0.2) is 8.42 Å². The van der Waals surface area contributed by atoms with Gasteiger partial charge in [0.25, 0.3) is 0 Å². The van der Waals surface area contributed by atoms with E-state index in [2.05, 4.69) is 4.98 Å². The monoisotopic (exact) mass is 405 g/mol. The molecule has 0 aliphatic rings. The van der Waals surface area contributed by atoms with Crippen molar-refractivity contribution in [3.05, 3.63) is 71.9 Å². The average molecular weight is 405 g/mol. The second-order valence-electron chi connectivity index (χ2n) is 6.12. The predicted octanol–water partition coefficient (Wildman–Crippen LogP) is 4.65. The normalized spacial score (nSPS) is 12.0. The molecular weight excluding hydrogens is 391 g/mol. The highest BCUT2D eigenvalue weighted by atomic mass is 32.2. The van der Waals surface area contributed by atoms with Gasteiger partial charge in [-0.15, -0.1) is 0 Å². The molecule has 0 spiro atoms. The van der Waals surface area contributed by atoms with Crippen LogP contribution in [0.1, 0.15) is 15.9 Å². The first-order valence-electron chi connectivity index (χ1n) is 8.03. The Kier molecular flexibility index (Phi) is 5.08. The Bertz CT molecular complexity index is 1120. The van der Waals surface area contributed by atoms with Gasteiger partial charge >= 0.3 is 6.18 Å². The van der Waals surface area contributed by atoms with Crippen LogP contribution in [0.5, 0.6) is 0 Å². The second-order valence-corrected chi connectivity index (χ2v) is 8.13. The Hall–Kier alpha value is -3.00. The number of carbonyl (C=O) groups excluding carboxylic acids is 1. The molecule has 1 aromatic heterocycles. The fourth-order valence-corrected chi connectivity index (χ4v) is 3.46. The van der Waals surface area contributed by atoms with Gasteiger partial charge in [0, 0.05) is 23.6 Å². The van der Waals surface area contributed by atoms with Crippen LogP contribution in [-0.4, -0.2) is 25.9 Å². The van der Waals surface area contributed by atoms with Gasteiger partial charge in [0.05, 0.1) is 16.2 Å². The summed E-state index contributed by atoms with van der Waals surface area (Å²) in [5.41, 5.74) is -0.0821. The van der Waals surface area contributed by atoms with E-state index < -0.39 is 21.6 Å². The lowest BCUT2D eigenvalue weighted by Gasteiger charge is -2.16. The fraction of sp³-hybridized carbons (Fsp3) is 0.100. The van der Waals surface area contributed by atoms with E-state index in [0.29, 0.717) is 17.5 Å². The van der Waals surface area contributed by atoms with Gasteiger partial charge in [-0.2, -0.15) is 13.2 Å². The quantitative estimate of drug-likeness (QED) is 0.593. The van der Waals surface area contributed by atoms with E-state index in [1.54, 1.807) is 18.2 Å². The molecule has 0 atom stereocenters. The molecule has 0 aliphatic carbocycles. The van der Waals surface area contributed by atoms with Crippen molar-refractivity contribution in [2.45, 2.75) is 11.1 Å². The number of benzene rings is 2. The molecule has 0 N–H and O–H groups in total. The molecule has 4 nitrogen and oxygen atoms in total. The number of pyridine rings is 1. The van der Waals surface area contributed by atoms with Gasteiger partial charge in [0.1, 0.15) is 0 Å². The van der Waals surface area contributed by atoms with E-state index in [1.165, 1.54) is 30.5 Å². The molecule has 0 aliphatic heterocycles. The lowest BCUT2D eigenvalue weighted by atomic mass is 9.91. The summed E-state index contributed by atoms with van der Waals surface area (Å²) in [4.78, 5) is 15.8. The predicted molar refractivity (Wildman–Crippen MR) is 98.6 cm³/mol. The second kappa shape index (κ2) is 7.20. The summed E-state index contributed by atoms with van der Waals surface area (Å²) in [7, 11) is -3.46. The number of hydrogen-bond acceptors (Lipinski definition) is 4. The van der Waals surface area contributed by atoms with Crippen LogP contribution in [0.15, 0.2) is 65.7 Å². The minimum Gasteiger partial charge on any atom is -0.298 e. The molecule has 3 aromatic rings. The largest absolute Gasteiger partial charge is 0.416 e. The summed E-state index contributed by atoms with van der Waals surface area (Å²) >= 11 is 0. The highest BCUT2D eigenvalue weighted by Crippen LogP contribution is 2.39. The van der Waals surface area contributed by atoms with Crippen LogP contribution >= 0.6 is 0 Å². The molecule has 28 heavy (non-hydrogen) atoms. The lowest BCUT2D eigenvalue weighted by molar-refractivity contribution is -0.137. The number of hydrogen-bond donors (Lipinski definition) is 0. The maximum absolute atomic E-state index is 13.3. The molecule has 0 saturated carbocycles. The standard InChI is InChI=1S/C20H14F3NO3S/c1-28(26,27)16-7-5-13(6-8-16)17-11-15(20(21,22)23)10-14(12-25)19(17)18-4-2-3-9-24-18/h2-12H,1H3. The topological polar surface area (TPSA) is 64.1 Å². The Morgan fingerprint density at radius 1 is 1.00 bits per heavy atom. The molecule has 0 unspecified atom stereocenters. The zero-order valence-corrected chi connectivity index (χ0v) is 15.4. The highest BCUT2D eigenvalue weighted by Gasteiger charge is 2.32. The smallest absolute Gasteiger partial charge is 0.298 e. The van der Waals surface area contributed by atoms with Crippen LogP contribution in [0.25, 0.3) is 22.4 Å². The van der Waals surface area contributed by atoms with Gasteiger partial charge < -0.3 is 0 Å².